The number of anilines is 2. The van der Waals surface area contributed by atoms with E-state index in [2.05, 4.69) is 49.2 Å². The minimum atomic E-state index is -0.920. The number of halogens is 3. The molecular weight excluding hydrogens is 1850 g/mol. The Balaban J connectivity index is 0.000000211. The van der Waals surface area contributed by atoms with Gasteiger partial charge in [-0.3, -0.25) is 43.2 Å². The van der Waals surface area contributed by atoms with Crippen LogP contribution in [-0.4, -0.2) is 210 Å². The predicted octanol–water partition coefficient (Wildman–Crippen LogP) is 16.3. The van der Waals surface area contributed by atoms with Gasteiger partial charge in [-0.2, -0.15) is 0 Å². The molecule has 29 nitrogen and oxygen atoms in total. The van der Waals surface area contributed by atoms with Gasteiger partial charge in [-0.25, -0.2) is 15.0 Å². The van der Waals surface area contributed by atoms with Crippen LogP contribution >= 0.6 is 74.4 Å². The van der Waals surface area contributed by atoms with E-state index in [1.807, 2.05) is 130 Å². The third-order valence-electron chi connectivity index (χ3n) is 26.2. The van der Waals surface area contributed by atoms with E-state index in [4.69, 9.17) is 75.8 Å². The van der Waals surface area contributed by atoms with Gasteiger partial charge in [-0.15, -0.1) is 35.3 Å². The molecule has 0 radical (unpaired) electrons. The average molecular weight is 1980 g/mol. The molecular formula is C96H129BrCl2N8O21S3. The van der Waals surface area contributed by atoms with Gasteiger partial charge in [0, 0.05) is 102 Å². The third kappa shape index (κ3) is 25.9. The van der Waals surface area contributed by atoms with Crippen LogP contribution in [0.1, 0.15) is 186 Å². The van der Waals surface area contributed by atoms with Crippen LogP contribution < -0.4 is 30.3 Å². The standard InChI is InChI=1S/C45H59ClN4O9S.C27H41NO7.C18H20ClN3O3S.C6H5BrS.2H2O/c1-9-27-20-45(27,42(54)56-8)21-35(51)34-17-29(22-50(34)41(53)31(44(4,5)6)18-38(52)59-28-15-25-14-26(25)16-28)58-37-19-32(33-23-60-43(49-33)47-24(2)3)48-40-30(37)10-11-36(39(40)46)57-13-12-55-7;1-6-17-12-27(17,25(33)34-5)13-22(30)21-10-18(29)14-28(21)24(32)20(26(2,3)4)11-23(31)35-19-8-15-7-16(15)9-19;1-10(2)20-18-22-13(9-26-18)12-8-14(23)11-4-5-15(25-7-6-24-3)16(19)17(11)21-12;7-5-1-3-6(8)4-2-5;;/h10-11,19,23-29,31,34H,9,12-18,20-22H2,1-8H3,(H,47,49);15-21,29H,6-14H2,1-5H3;4-5,8-10H,6-7H2,1-3H3,(H,20,22)(H,21,23);1-4,8H;2*1H2/t25-,26+,27-,28?,29-,31-,34+,45?;15-,16+,17-,18-,19?,20-,21+,27?;;;;/m11..../s1. The summed E-state index contributed by atoms with van der Waals surface area (Å²) in [5.74, 6) is 0.0743. The van der Waals surface area contributed by atoms with E-state index in [0.717, 1.165) is 58.2 Å². The van der Waals surface area contributed by atoms with Crippen molar-refractivity contribution in [3.05, 3.63) is 96.2 Å². The van der Waals surface area contributed by atoms with Crippen molar-refractivity contribution in [2.24, 2.45) is 69.0 Å². The number of aliphatic hydroxyl groups is 1. The predicted molar refractivity (Wildman–Crippen MR) is 512 cm³/mol. The second-order valence-electron chi connectivity index (χ2n) is 38.5. The number of likely N-dealkylation sites (tertiary alicyclic amines) is 2. The van der Waals surface area contributed by atoms with E-state index >= 15 is 0 Å². The lowest BCUT2D eigenvalue weighted by atomic mass is 9.77. The molecule has 15 rings (SSSR count). The topological polar surface area (TPSA) is 405 Å². The van der Waals surface area contributed by atoms with Crippen molar-refractivity contribution in [3.8, 4) is 40.0 Å². The molecule has 131 heavy (non-hydrogen) atoms. The number of pyridine rings is 2. The average Bonchev–Trinajstić information content (AvgIpc) is 1.48. The van der Waals surface area contributed by atoms with Gasteiger partial charge in [0.25, 0.3) is 0 Å². The second-order valence-corrected chi connectivity index (χ2v) is 42.4. The molecule has 3 aromatic carbocycles. The SMILES string of the molecule is CC[C@@H]1CC1(CC(=O)[C@@H]1C[C@@H](O)CN1C(=O)[C@@H](CC(=O)OC1C[C@@H]2C[C@@H]2C1)C(C)(C)C)C(=O)OC.CC[C@@H]1CC1(CC(=O)[C@@H]1C[C@@H](Oc2cc(-c3csc(NC(C)C)n3)nc3c(Cl)c(OCCOC)ccc23)CN1C(=O)[C@@H](CC(=O)OC1C[C@@H]2C[C@@H]2C1)C(C)(C)C)C(=O)OC.COCCOc1ccc2c(=O)cc(-c3csc(NC(C)C)n3)[nH]c2c1Cl.O.O.Sc1ccc(Br)cc1. The molecule has 2 saturated heterocycles. The fraction of sp³-hybridized carbons (Fsp3) is 0.604. The number of carbonyl (C=O) groups excluding carboxylic acids is 8. The van der Waals surface area contributed by atoms with Crippen LogP contribution in [0.2, 0.25) is 10.0 Å². The van der Waals surface area contributed by atoms with Crippen LogP contribution in [0.15, 0.2) is 85.6 Å². The van der Waals surface area contributed by atoms with Crippen LogP contribution in [0, 0.1) is 69.0 Å². The van der Waals surface area contributed by atoms with Gasteiger partial charge in [0.1, 0.15) is 64.5 Å². The van der Waals surface area contributed by atoms with E-state index in [-0.39, 0.29) is 146 Å². The summed E-state index contributed by atoms with van der Waals surface area (Å²) in [5.41, 5.74) is 0.390. The van der Waals surface area contributed by atoms with E-state index < -0.39 is 69.7 Å². The molecule has 7 aromatic rings. The number of aromatic nitrogens is 4. The minimum absolute atomic E-state index is 0. The number of thiol groups is 1. The van der Waals surface area contributed by atoms with Crippen LogP contribution in [0.25, 0.3) is 44.6 Å². The lowest BCUT2D eigenvalue weighted by molar-refractivity contribution is -0.157. The number of hydrogen-bond acceptors (Lipinski definition) is 27. The molecule has 35 heteroatoms. The Morgan fingerprint density at radius 1 is 0.580 bits per heavy atom. The van der Waals surface area contributed by atoms with Gasteiger partial charge in [0.15, 0.2) is 27.3 Å². The van der Waals surface area contributed by atoms with Crippen molar-refractivity contribution >= 4 is 154 Å². The number of fused-ring (bicyclic) bond motifs is 4. The molecule has 0 spiro atoms. The molecule has 6 saturated carbocycles. The summed E-state index contributed by atoms with van der Waals surface area (Å²) in [6.07, 6.45) is 7.19. The Labute approximate surface area is 798 Å². The number of aromatic amines is 1. The molecule has 16 atom stereocenters. The lowest BCUT2D eigenvalue weighted by Crippen LogP contribution is -2.48. The van der Waals surface area contributed by atoms with Gasteiger partial charge in [0.05, 0.1) is 116 Å². The fourth-order valence-corrected chi connectivity index (χ4v) is 21.4. The van der Waals surface area contributed by atoms with Crippen molar-refractivity contribution in [2.45, 2.75) is 239 Å². The number of thiazole rings is 2. The second kappa shape index (κ2) is 45.0. The van der Waals surface area contributed by atoms with Crippen molar-refractivity contribution in [3.63, 3.8) is 0 Å². The van der Waals surface area contributed by atoms with Gasteiger partial charge in [-0.05, 0) is 174 Å². The Hall–Kier alpha value is -8.09. The molecule has 718 valence electrons. The molecule has 0 bridgehead atoms. The Bertz CT molecular complexity index is 5220. The highest BCUT2D eigenvalue weighted by Crippen LogP contribution is 2.60. The maximum absolute atomic E-state index is 14.9. The van der Waals surface area contributed by atoms with Crippen molar-refractivity contribution in [1.29, 1.82) is 0 Å². The van der Waals surface area contributed by atoms with Gasteiger partial charge >= 0.3 is 23.9 Å². The summed E-state index contributed by atoms with van der Waals surface area (Å²) in [5, 5.41) is 24.1. The number of Topliss-reactive ketones (excluding diaryl/α,β-unsaturated/α-hetero) is 2. The van der Waals surface area contributed by atoms with Crippen LogP contribution in [0.5, 0.6) is 17.2 Å². The quantitative estimate of drug-likeness (QED) is 0.0108. The molecule has 4 unspecified atom stereocenters. The summed E-state index contributed by atoms with van der Waals surface area (Å²) in [4.78, 5) is 142. The lowest BCUT2D eigenvalue weighted by Gasteiger charge is -2.35. The molecule has 8 N–H and O–H groups in total. The highest BCUT2D eigenvalue weighted by Gasteiger charge is 2.63. The van der Waals surface area contributed by atoms with E-state index in [1.54, 1.807) is 43.4 Å². The molecule has 8 fully saturated rings. The van der Waals surface area contributed by atoms with E-state index in [0.29, 0.717) is 128 Å². The first-order valence-electron chi connectivity index (χ1n) is 44.9. The van der Waals surface area contributed by atoms with E-state index in [1.165, 1.54) is 54.6 Å². The first kappa shape index (κ1) is 105. The summed E-state index contributed by atoms with van der Waals surface area (Å²) in [6.45, 7) is 25.3. The normalized spacial score (nSPS) is 24.5. The first-order chi connectivity index (χ1) is 61.2. The number of rotatable bonds is 34. The van der Waals surface area contributed by atoms with Crippen molar-refractivity contribution in [2.75, 3.05) is 78.6 Å². The van der Waals surface area contributed by atoms with Crippen molar-refractivity contribution < 1.29 is 97.0 Å². The zero-order chi connectivity index (χ0) is 93.5. The van der Waals surface area contributed by atoms with Crippen LogP contribution in [-0.2, 0) is 66.8 Å². The highest BCUT2D eigenvalue weighted by atomic mass is 79.9. The highest BCUT2D eigenvalue weighted by molar-refractivity contribution is 9.10. The largest absolute Gasteiger partial charge is 0.490 e. The number of β-amino-alcohol motifs (C(OH)–C–C–N with tert-alkyl or cyclic N) is 1. The molecule has 4 aromatic heterocycles. The zero-order valence-electron chi connectivity index (χ0n) is 77.7. The molecule has 8 aliphatic rings. The number of benzene rings is 3. The van der Waals surface area contributed by atoms with Gasteiger partial charge in [0.2, 0.25) is 11.8 Å². The molecule has 6 aliphatic carbocycles. The number of methoxy groups -OCH3 is 4. The Kier molecular flexibility index (Phi) is 36.1. The van der Waals surface area contributed by atoms with Crippen LogP contribution in [0.4, 0.5) is 10.3 Å². The van der Waals surface area contributed by atoms with Crippen LogP contribution in [0.3, 0.4) is 0 Å². The summed E-state index contributed by atoms with van der Waals surface area (Å²) in [7, 11) is 5.87. The number of nitrogens with zero attached hydrogens (tertiary/aromatic N) is 5. The van der Waals surface area contributed by atoms with Gasteiger partial charge in [-0.1, -0.05) is 107 Å². The minimum Gasteiger partial charge on any atom is -0.490 e. The third-order valence-corrected chi connectivity index (χ3v) is 29.3. The summed E-state index contributed by atoms with van der Waals surface area (Å²) < 4.78 is 51.5. The maximum atomic E-state index is 14.9. The molecule has 2 amide bonds. The first-order valence-corrected chi connectivity index (χ1v) is 48.7. The Morgan fingerprint density at radius 2 is 1.04 bits per heavy atom. The summed E-state index contributed by atoms with van der Waals surface area (Å²) >= 11 is 23.8. The number of ketones is 2. The number of H-pyrrole nitrogens is 1. The number of ether oxygens (including phenoxy) is 9. The fourth-order valence-electron chi connectivity index (χ4n) is 18.8. The monoisotopic (exact) mass is 1970 g/mol. The van der Waals surface area contributed by atoms with E-state index in [9.17, 15) is 48.3 Å². The number of aliphatic hydroxyl groups excluding tert-OH is 1. The number of amides is 2. The number of nitrogens with one attached hydrogen (secondary N) is 3. The number of carbonyl (C=O) groups is 8. The number of hydrogen-bond donors (Lipinski definition) is 5. The molecule has 2 aliphatic heterocycles. The van der Waals surface area contributed by atoms with Gasteiger partial charge < -0.3 is 84.1 Å². The summed E-state index contributed by atoms with van der Waals surface area (Å²) in [6, 6.07) is 16.9. The smallest absolute Gasteiger partial charge is 0.312 e. The maximum Gasteiger partial charge on any atom is 0.312 e. The zero-order valence-corrected chi connectivity index (χ0v) is 83.3. The Morgan fingerprint density at radius 3 is 1.49 bits per heavy atom. The van der Waals surface area contributed by atoms with Crippen molar-refractivity contribution in [1.82, 2.24) is 29.7 Å². The number of esters is 4. The molecule has 6 heterocycles.